The first-order valence-electron chi connectivity index (χ1n) is 6.27. The van der Waals surface area contributed by atoms with E-state index in [1.54, 1.807) is 0 Å². The summed E-state index contributed by atoms with van der Waals surface area (Å²) in [6, 6.07) is 0.662. The van der Waals surface area contributed by atoms with Gasteiger partial charge < -0.3 is 10.2 Å². The molecule has 0 radical (unpaired) electrons. The summed E-state index contributed by atoms with van der Waals surface area (Å²) in [7, 11) is 2.24. The molecule has 0 aromatic heterocycles. The number of piperidine rings is 1. The molecule has 0 bridgehead atoms. The van der Waals surface area contributed by atoms with Gasteiger partial charge in [0.15, 0.2) is 0 Å². The zero-order chi connectivity index (χ0) is 10.9. The van der Waals surface area contributed by atoms with Gasteiger partial charge in [0.05, 0.1) is 0 Å². The van der Waals surface area contributed by atoms with Crippen LogP contribution in [-0.2, 0) is 0 Å². The zero-order valence-electron chi connectivity index (χ0n) is 10.4. The average Bonchev–Trinajstić information content (AvgIpc) is 2.23. The number of likely N-dealkylation sites (tertiary alicyclic amines) is 1. The topological polar surface area (TPSA) is 18.5 Å². The summed E-state index contributed by atoms with van der Waals surface area (Å²) in [5, 5.41) is 3.52. The molecule has 0 spiro atoms. The lowest BCUT2D eigenvalue weighted by Crippen LogP contribution is -2.60. The predicted octanol–water partition coefficient (Wildman–Crippen LogP) is 0.764. The lowest BCUT2D eigenvalue weighted by molar-refractivity contribution is 0.0227. The van der Waals surface area contributed by atoms with Gasteiger partial charge in [0.25, 0.3) is 0 Å². The van der Waals surface area contributed by atoms with E-state index >= 15 is 0 Å². The van der Waals surface area contributed by atoms with Crippen LogP contribution in [0.1, 0.15) is 26.7 Å². The van der Waals surface area contributed by atoms with Crippen LogP contribution in [0.25, 0.3) is 0 Å². The summed E-state index contributed by atoms with van der Waals surface area (Å²) in [5.41, 5.74) is 0.461. The smallest absolute Gasteiger partial charge is 0.0206 e. The highest BCUT2D eigenvalue weighted by molar-refractivity contribution is 4.94. The molecule has 88 valence electrons. The molecule has 2 heterocycles. The minimum atomic E-state index is 0.461. The number of rotatable bonds is 1. The van der Waals surface area contributed by atoms with Gasteiger partial charge in [-0.3, -0.25) is 4.90 Å². The van der Waals surface area contributed by atoms with Crippen molar-refractivity contribution in [3.8, 4) is 0 Å². The fourth-order valence-corrected chi connectivity index (χ4v) is 2.84. The molecule has 3 nitrogen and oxygen atoms in total. The van der Waals surface area contributed by atoms with E-state index < -0.39 is 0 Å². The number of nitrogens with one attached hydrogen (secondary N) is 1. The molecular formula is C12H25N3. The van der Waals surface area contributed by atoms with Crippen molar-refractivity contribution in [3.05, 3.63) is 0 Å². The second-order valence-corrected chi connectivity index (χ2v) is 5.60. The van der Waals surface area contributed by atoms with Crippen LogP contribution in [0.2, 0.25) is 0 Å². The highest BCUT2D eigenvalue weighted by Crippen LogP contribution is 2.28. The van der Waals surface area contributed by atoms with Crippen LogP contribution in [0.4, 0.5) is 0 Å². The molecule has 1 N–H and O–H groups in total. The molecule has 0 aromatic carbocycles. The Labute approximate surface area is 93.8 Å². The van der Waals surface area contributed by atoms with E-state index in [0.29, 0.717) is 11.6 Å². The van der Waals surface area contributed by atoms with Gasteiger partial charge in [0.1, 0.15) is 0 Å². The van der Waals surface area contributed by atoms with E-state index in [4.69, 9.17) is 0 Å². The van der Waals surface area contributed by atoms with Gasteiger partial charge in [0, 0.05) is 31.2 Å². The average molecular weight is 211 g/mol. The van der Waals surface area contributed by atoms with Crippen molar-refractivity contribution in [2.75, 3.05) is 39.8 Å². The molecule has 1 unspecified atom stereocenters. The molecule has 2 rings (SSSR count). The highest BCUT2D eigenvalue weighted by Gasteiger charge is 2.36. The monoisotopic (exact) mass is 211 g/mol. The van der Waals surface area contributed by atoms with Crippen molar-refractivity contribution in [2.24, 2.45) is 0 Å². The molecule has 0 aromatic rings. The van der Waals surface area contributed by atoms with Crippen molar-refractivity contribution < 1.29 is 0 Å². The molecular weight excluding hydrogens is 186 g/mol. The first-order valence-corrected chi connectivity index (χ1v) is 6.27. The first-order chi connectivity index (χ1) is 7.10. The van der Waals surface area contributed by atoms with Crippen molar-refractivity contribution in [3.63, 3.8) is 0 Å². The molecule has 0 amide bonds. The summed E-state index contributed by atoms with van der Waals surface area (Å²) in [6.07, 6.45) is 2.66. The Bertz CT molecular complexity index is 209. The standard InChI is InChI=1S/C12H25N3/c1-11-10-15(9-6-13-11)12(2)4-7-14(3)8-5-12/h11,13H,4-10H2,1-3H3. The molecule has 15 heavy (non-hydrogen) atoms. The van der Waals surface area contributed by atoms with Crippen molar-refractivity contribution in [2.45, 2.75) is 38.3 Å². The normalized spacial score (nSPS) is 34.2. The van der Waals surface area contributed by atoms with Crippen LogP contribution in [0.5, 0.6) is 0 Å². The summed E-state index contributed by atoms with van der Waals surface area (Å²) >= 11 is 0. The highest BCUT2D eigenvalue weighted by atomic mass is 15.3. The SMILES string of the molecule is CC1CN(C2(C)CCN(C)CC2)CCN1. The first kappa shape index (κ1) is 11.4. The maximum absolute atomic E-state index is 3.52. The van der Waals surface area contributed by atoms with Gasteiger partial charge in [0.2, 0.25) is 0 Å². The van der Waals surface area contributed by atoms with E-state index in [1.165, 1.54) is 39.0 Å². The molecule has 2 saturated heterocycles. The Hall–Kier alpha value is -0.120. The number of piperazine rings is 1. The molecule has 3 heteroatoms. The van der Waals surface area contributed by atoms with Gasteiger partial charge in [-0.15, -0.1) is 0 Å². The number of hydrogen-bond acceptors (Lipinski definition) is 3. The van der Waals surface area contributed by atoms with Gasteiger partial charge in [-0.05, 0) is 46.8 Å². The van der Waals surface area contributed by atoms with Gasteiger partial charge >= 0.3 is 0 Å². The van der Waals surface area contributed by atoms with Gasteiger partial charge in [-0.2, -0.15) is 0 Å². The quantitative estimate of drug-likeness (QED) is 0.691. The van der Waals surface area contributed by atoms with Crippen LogP contribution >= 0.6 is 0 Å². The van der Waals surface area contributed by atoms with Crippen molar-refractivity contribution in [1.29, 1.82) is 0 Å². The van der Waals surface area contributed by atoms with Crippen LogP contribution in [0, 0.1) is 0 Å². The summed E-state index contributed by atoms with van der Waals surface area (Å²) in [6.45, 7) is 10.9. The van der Waals surface area contributed by atoms with E-state index in [9.17, 15) is 0 Å². The van der Waals surface area contributed by atoms with Crippen LogP contribution in [-0.4, -0.2) is 61.2 Å². The molecule has 1 atom stereocenters. The molecule has 2 aliphatic rings. The lowest BCUT2D eigenvalue weighted by Gasteiger charge is -2.49. The number of hydrogen-bond donors (Lipinski definition) is 1. The zero-order valence-corrected chi connectivity index (χ0v) is 10.4. The summed E-state index contributed by atoms with van der Waals surface area (Å²) < 4.78 is 0. The minimum absolute atomic E-state index is 0.461. The molecule has 2 fully saturated rings. The van der Waals surface area contributed by atoms with E-state index in [0.717, 1.165) is 6.54 Å². The Morgan fingerprint density at radius 1 is 1.20 bits per heavy atom. The van der Waals surface area contributed by atoms with Crippen LogP contribution < -0.4 is 5.32 Å². The van der Waals surface area contributed by atoms with Gasteiger partial charge in [-0.1, -0.05) is 0 Å². The largest absolute Gasteiger partial charge is 0.312 e. The lowest BCUT2D eigenvalue weighted by atomic mass is 9.87. The van der Waals surface area contributed by atoms with Crippen molar-refractivity contribution >= 4 is 0 Å². The van der Waals surface area contributed by atoms with E-state index in [2.05, 4.69) is 36.0 Å². The Morgan fingerprint density at radius 2 is 1.87 bits per heavy atom. The van der Waals surface area contributed by atoms with Crippen LogP contribution in [0.15, 0.2) is 0 Å². The van der Waals surface area contributed by atoms with Gasteiger partial charge in [-0.25, -0.2) is 0 Å². The molecule has 2 aliphatic heterocycles. The summed E-state index contributed by atoms with van der Waals surface area (Å²) in [5.74, 6) is 0. The van der Waals surface area contributed by atoms with E-state index in [-0.39, 0.29) is 0 Å². The maximum atomic E-state index is 3.52. The second kappa shape index (κ2) is 4.40. The van der Waals surface area contributed by atoms with Crippen LogP contribution in [0.3, 0.4) is 0 Å². The summed E-state index contributed by atoms with van der Waals surface area (Å²) in [4.78, 5) is 5.16. The minimum Gasteiger partial charge on any atom is -0.312 e. The Balaban J connectivity index is 1.95. The Morgan fingerprint density at radius 3 is 2.47 bits per heavy atom. The number of nitrogens with zero attached hydrogens (tertiary/aromatic N) is 2. The fraction of sp³-hybridized carbons (Fsp3) is 1.00. The fourth-order valence-electron chi connectivity index (χ4n) is 2.84. The molecule has 0 aliphatic carbocycles. The van der Waals surface area contributed by atoms with E-state index in [1.807, 2.05) is 0 Å². The Kier molecular flexibility index (Phi) is 3.33. The molecule has 0 saturated carbocycles. The third-order valence-corrected chi connectivity index (χ3v) is 4.20. The van der Waals surface area contributed by atoms with Crippen molar-refractivity contribution in [1.82, 2.24) is 15.1 Å². The predicted molar refractivity (Wildman–Crippen MR) is 64.2 cm³/mol. The third-order valence-electron chi connectivity index (χ3n) is 4.20. The third kappa shape index (κ3) is 2.52. The second-order valence-electron chi connectivity index (χ2n) is 5.60. The maximum Gasteiger partial charge on any atom is 0.0206 e.